The number of nitrogens with two attached hydrogens (primary N) is 1. The minimum Gasteiger partial charge on any atom is -0.375 e. The predicted octanol–water partition coefficient (Wildman–Crippen LogP) is 2.05. The van der Waals surface area contributed by atoms with Crippen molar-refractivity contribution in [1.29, 1.82) is 0 Å². The number of nitrogens with zero attached hydrogens (tertiary/aromatic N) is 3. The van der Waals surface area contributed by atoms with Gasteiger partial charge in [0.1, 0.15) is 0 Å². The van der Waals surface area contributed by atoms with Crippen LogP contribution in [0.25, 0.3) is 0 Å². The van der Waals surface area contributed by atoms with Crippen molar-refractivity contribution in [3.8, 4) is 0 Å². The van der Waals surface area contributed by atoms with Crippen LogP contribution in [-0.2, 0) is 6.54 Å². The number of piperazine rings is 1. The van der Waals surface area contributed by atoms with E-state index in [1.807, 2.05) is 0 Å². The van der Waals surface area contributed by atoms with Crippen LogP contribution in [0.3, 0.4) is 0 Å². The highest BCUT2D eigenvalue weighted by Crippen LogP contribution is 2.18. The molecule has 0 unspecified atom stereocenters. The summed E-state index contributed by atoms with van der Waals surface area (Å²) >= 11 is 1.52. The van der Waals surface area contributed by atoms with Crippen LogP contribution in [-0.4, -0.2) is 36.1 Å². The van der Waals surface area contributed by atoms with Gasteiger partial charge in [-0.05, 0) is 12.1 Å². The van der Waals surface area contributed by atoms with E-state index in [0.717, 1.165) is 38.4 Å². The van der Waals surface area contributed by atoms with Gasteiger partial charge in [-0.15, -0.1) is 11.3 Å². The number of nitrogen functional groups attached to an aromatic ring is 1. The van der Waals surface area contributed by atoms with Gasteiger partial charge >= 0.3 is 0 Å². The molecule has 2 heterocycles. The number of thiazole rings is 1. The first-order valence-corrected chi connectivity index (χ1v) is 7.41. The Labute approximate surface area is 117 Å². The maximum absolute atomic E-state index is 5.66. The van der Waals surface area contributed by atoms with Gasteiger partial charge in [0, 0.05) is 43.8 Å². The minimum atomic E-state index is 0.665. The quantitative estimate of drug-likeness (QED) is 0.930. The number of aromatic nitrogens is 1. The third kappa shape index (κ3) is 3.05. The Morgan fingerprint density at radius 3 is 2.47 bits per heavy atom. The third-order valence-corrected chi connectivity index (χ3v) is 4.17. The van der Waals surface area contributed by atoms with Gasteiger partial charge in [-0.3, -0.25) is 4.90 Å². The molecule has 0 bridgehead atoms. The molecule has 1 aliphatic rings. The predicted molar refractivity (Wildman–Crippen MR) is 80.5 cm³/mol. The van der Waals surface area contributed by atoms with Gasteiger partial charge in [-0.25, -0.2) is 4.98 Å². The van der Waals surface area contributed by atoms with E-state index in [-0.39, 0.29) is 0 Å². The molecule has 0 aliphatic carbocycles. The number of anilines is 2. The molecule has 0 spiro atoms. The van der Waals surface area contributed by atoms with Gasteiger partial charge < -0.3 is 10.6 Å². The highest BCUT2D eigenvalue weighted by atomic mass is 32.1. The van der Waals surface area contributed by atoms with Crippen molar-refractivity contribution in [1.82, 2.24) is 9.88 Å². The van der Waals surface area contributed by atoms with E-state index in [9.17, 15) is 0 Å². The lowest BCUT2D eigenvalue weighted by atomic mass is 10.2. The average molecular weight is 274 g/mol. The second-order valence-corrected chi connectivity index (χ2v) is 5.67. The molecule has 19 heavy (non-hydrogen) atoms. The molecule has 1 saturated heterocycles. The van der Waals surface area contributed by atoms with Crippen LogP contribution in [0, 0.1) is 0 Å². The monoisotopic (exact) mass is 274 g/mol. The standard InChI is InChI=1S/C14H18N4S/c15-14-16-12(11-19-14)10-17-6-8-18(9-7-17)13-4-2-1-3-5-13/h1-5,11H,6-10H2,(H2,15,16). The molecule has 1 aromatic carbocycles. The third-order valence-electron chi connectivity index (χ3n) is 3.45. The Morgan fingerprint density at radius 1 is 1.11 bits per heavy atom. The van der Waals surface area contributed by atoms with E-state index in [0.29, 0.717) is 5.13 Å². The van der Waals surface area contributed by atoms with Gasteiger partial charge in [0.25, 0.3) is 0 Å². The first kappa shape index (κ1) is 12.4. The van der Waals surface area contributed by atoms with Crippen LogP contribution in [0.2, 0.25) is 0 Å². The van der Waals surface area contributed by atoms with Crippen molar-refractivity contribution >= 4 is 22.2 Å². The first-order valence-electron chi connectivity index (χ1n) is 6.53. The van der Waals surface area contributed by atoms with E-state index in [1.54, 1.807) is 0 Å². The topological polar surface area (TPSA) is 45.4 Å². The lowest BCUT2D eigenvalue weighted by Gasteiger charge is -2.35. The van der Waals surface area contributed by atoms with Crippen molar-refractivity contribution in [2.75, 3.05) is 36.8 Å². The summed E-state index contributed by atoms with van der Waals surface area (Å²) in [4.78, 5) is 9.20. The largest absolute Gasteiger partial charge is 0.375 e. The Bertz CT molecular complexity index is 517. The van der Waals surface area contributed by atoms with E-state index < -0.39 is 0 Å². The number of benzene rings is 1. The summed E-state index contributed by atoms with van der Waals surface area (Å²) in [5.74, 6) is 0. The molecule has 0 saturated carbocycles. The summed E-state index contributed by atoms with van der Waals surface area (Å²) in [7, 11) is 0. The fourth-order valence-corrected chi connectivity index (χ4v) is 2.98. The van der Waals surface area contributed by atoms with Gasteiger partial charge in [0.2, 0.25) is 0 Å². The average Bonchev–Trinajstić information content (AvgIpc) is 2.86. The van der Waals surface area contributed by atoms with Crippen molar-refractivity contribution in [2.24, 2.45) is 0 Å². The Balaban J connectivity index is 1.55. The number of para-hydroxylation sites is 1. The molecule has 4 nitrogen and oxygen atoms in total. The SMILES string of the molecule is Nc1nc(CN2CCN(c3ccccc3)CC2)cs1. The van der Waals surface area contributed by atoms with Gasteiger partial charge in [-0.1, -0.05) is 18.2 Å². The smallest absolute Gasteiger partial charge is 0.180 e. The summed E-state index contributed by atoms with van der Waals surface area (Å²) in [5, 5.41) is 2.72. The summed E-state index contributed by atoms with van der Waals surface area (Å²) in [6.45, 7) is 5.21. The summed E-state index contributed by atoms with van der Waals surface area (Å²) < 4.78 is 0. The first-order chi connectivity index (χ1) is 9.31. The Morgan fingerprint density at radius 2 is 1.84 bits per heavy atom. The van der Waals surface area contributed by atoms with Crippen molar-refractivity contribution < 1.29 is 0 Å². The van der Waals surface area contributed by atoms with E-state index >= 15 is 0 Å². The molecular weight excluding hydrogens is 256 g/mol. The second-order valence-electron chi connectivity index (χ2n) is 4.78. The van der Waals surface area contributed by atoms with Crippen molar-refractivity contribution in [2.45, 2.75) is 6.54 Å². The maximum atomic E-state index is 5.66. The molecule has 0 amide bonds. The molecule has 0 radical (unpaired) electrons. The van der Waals surface area contributed by atoms with Crippen LogP contribution in [0.4, 0.5) is 10.8 Å². The molecule has 1 fully saturated rings. The van der Waals surface area contributed by atoms with E-state index in [2.05, 4.69) is 50.5 Å². The Hall–Kier alpha value is -1.59. The zero-order valence-corrected chi connectivity index (χ0v) is 11.6. The van der Waals surface area contributed by atoms with Crippen LogP contribution >= 0.6 is 11.3 Å². The Kier molecular flexibility index (Phi) is 3.66. The number of hydrogen-bond donors (Lipinski definition) is 1. The van der Waals surface area contributed by atoms with E-state index in [1.165, 1.54) is 17.0 Å². The van der Waals surface area contributed by atoms with Crippen LogP contribution < -0.4 is 10.6 Å². The van der Waals surface area contributed by atoms with Crippen LogP contribution in [0.1, 0.15) is 5.69 Å². The van der Waals surface area contributed by atoms with Crippen molar-refractivity contribution in [3.05, 3.63) is 41.4 Å². The molecule has 0 atom stereocenters. The van der Waals surface area contributed by atoms with Crippen LogP contribution in [0.5, 0.6) is 0 Å². The molecule has 5 heteroatoms. The van der Waals surface area contributed by atoms with Gasteiger partial charge in [-0.2, -0.15) is 0 Å². The normalized spacial score (nSPS) is 16.7. The summed E-state index contributed by atoms with van der Waals surface area (Å²) in [6.07, 6.45) is 0. The second kappa shape index (κ2) is 5.59. The molecule has 100 valence electrons. The summed E-state index contributed by atoms with van der Waals surface area (Å²) in [6, 6.07) is 10.6. The van der Waals surface area contributed by atoms with Crippen LogP contribution in [0.15, 0.2) is 35.7 Å². The molecule has 1 aromatic heterocycles. The molecule has 1 aliphatic heterocycles. The highest BCUT2D eigenvalue weighted by molar-refractivity contribution is 7.13. The van der Waals surface area contributed by atoms with Gasteiger partial charge in [0.15, 0.2) is 5.13 Å². The highest BCUT2D eigenvalue weighted by Gasteiger charge is 2.17. The van der Waals surface area contributed by atoms with Crippen molar-refractivity contribution in [3.63, 3.8) is 0 Å². The molecule has 3 rings (SSSR count). The lowest BCUT2D eigenvalue weighted by Crippen LogP contribution is -2.46. The fourth-order valence-electron chi connectivity index (χ4n) is 2.43. The summed E-state index contributed by atoms with van der Waals surface area (Å²) in [5.41, 5.74) is 8.08. The molecule has 2 aromatic rings. The number of rotatable bonds is 3. The van der Waals surface area contributed by atoms with E-state index in [4.69, 9.17) is 5.73 Å². The number of hydrogen-bond acceptors (Lipinski definition) is 5. The molecular formula is C14H18N4S. The zero-order chi connectivity index (χ0) is 13.1. The maximum Gasteiger partial charge on any atom is 0.180 e. The minimum absolute atomic E-state index is 0.665. The lowest BCUT2D eigenvalue weighted by molar-refractivity contribution is 0.247. The zero-order valence-electron chi connectivity index (χ0n) is 10.8. The fraction of sp³-hybridized carbons (Fsp3) is 0.357. The van der Waals surface area contributed by atoms with Gasteiger partial charge in [0.05, 0.1) is 5.69 Å². The molecule has 2 N–H and O–H groups in total.